The average Bonchev–Trinajstić information content (AvgIpc) is 4.01. The van der Waals surface area contributed by atoms with Crippen molar-refractivity contribution < 1.29 is 0 Å². The highest BCUT2D eigenvalue weighted by molar-refractivity contribution is 7.26. The lowest BCUT2D eigenvalue weighted by atomic mass is 9.90. The van der Waals surface area contributed by atoms with Crippen LogP contribution in [0.15, 0.2) is 243 Å². The van der Waals surface area contributed by atoms with E-state index >= 15 is 0 Å². The van der Waals surface area contributed by atoms with Crippen molar-refractivity contribution in [3.63, 3.8) is 0 Å². The molecule has 0 N–H and O–H groups in total. The standard InChI is InChI=1S/C66H40N2S2/c1-3-17-43(18-4-1)67-59-29-11-12-30-60(59)68(44-19-5-2-6-20-44)62-40-58-50-36-34-42(46-26-16-28-54-52-24-10-14-32-64(52)70-66(46)54)38-56(50)55-37-41(45-25-15-27-53-51-23-9-13-31-63(51)69-65(45)53)33-35-49(55)47-21-7-8-22-48(47)57(58)39-61(62)67/h1-40H. The lowest BCUT2D eigenvalue weighted by Gasteiger charge is -2.23. The summed E-state index contributed by atoms with van der Waals surface area (Å²) in [7, 11) is 0. The highest BCUT2D eigenvalue weighted by Crippen LogP contribution is 2.46. The molecular weight excluding hydrogens is 885 g/mol. The summed E-state index contributed by atoms with van der Waals surface area (Å²) in [5.74, 6) is 0. The molecule has 0 aliphatic heterocycles. The summed E-state index contributed by atoms with van der Waals surface area (Å²) in [5.41, 5.74) is 11.7. The molecule has 0 radical (unpaired) electrons. The molecule has 3 aromatic heterocycles. The van der Waals surface area contributed by atoms with E-state index < -0.39 is 0 Å². The number of rotatable bonds is 4. The second-order valence-corrected chi connectivity index (χ2v) is 20.4. The van der Waals surface area contributed by atoms with Gasteiger partial charge in [0.25, 0.3) is 0 Å². The average molecular weight is 925 g/mol. The summed E-state index contributed by atoms with van der Waals surface area (Å²) in [4.78, 5) is 0. The molecule has 4 heteroatoms. The third kappa shape index (κ3) is 5.91. The maximum absolute atomic E-state index is 2.49. The third-order valence-electron chi connectivity index (χ3n) is 14.5. The van der Waals surface area contributed by atoms with Gasteiger partial charge >= 0.3 is 0 Å². The highest BCUT2D eigenvalue weighted by atomic mass is 32.1. The van der Waals surface area contributed by atoms with E-state index in [1.54, 1.807) is 0 Å². The molecule has 2 nitrogen and oxygen atoms in total. The second kappa shape index (κ2) is 15.5. The van der Waals surface area contributed by atoms with Crippen LogP contribution in [-0.2, 0) is 0 Å². The Balaban J connectivity index is 1.14. The van der Waals surface area contributed by atoms with E-state index in [0.29, 0.717) is 0 Å². The molecule has 15 aromatic rings. The van der Waals surface area contributed by atoms with Crippen LogP contribution in [0, 0.1) is 0 Å². The Morgan fingerprint density at radius 2 is 0.586 bits per heavy atom. The molecule has 0 saturated carbocycles. The van der Waals surface area contributed by atoms with Gasteiger partial charge in [0.1, 0.15) is 0 Å². The van der Waals surface area contributed by atoms with E-state index in [9.17, 15) is 0 Å². The molecule has 0 unspecified atom stereocenters. The minimum absolute atomic E-state index is 1.12. The van der Waals surface area contributed by atoms with Crippen LogP contribution in [0.5, 0.6) is 0 Å². The first-order chi connectivity index (χ1) is 34.7. The van der Waals surface area contributed by atoms with Crippen molar-refractivity contribution in [2.24, 2.45) is 0 Å². The van der Waals surface area contributed by atoms with Crippen LogP contribution in [-0.4, -0.2) is 9.13 Å². The van der Waals surface area contributed by atoms with Gasteiger partial charge in [-0.3, -0.25) is 0 Å². The number of nitrogens with zero attached hydrogens (tertiary/aromatic N) is 2. The number of fused-ring (bicyclic) bond motifs is 16. The number of thiophene rings is 2. The van der Waals surface area contributed by atoms with Crippen LogP contribution < -0.4 is 0 Å². The molecule has 0 fully saturated rings. The van der Waals surface area contributed by atoms with Crippen LogP contribution in [0.1, 0.15) is 0 Å². The van der Waals surface area contributed by atoms with Gasteiger partial charge in [-0.25, -0.2) is 0 Å². The number of para-hydroxylation sites is 4. The van der Waals surface area contributed by atoms with Gasteiger partial charge in [0, 0.05) is 51.7 Å². The van der Waals surface area contributed by atoms with E-state index in [1.807, 2.05) is 22.7 Å². The van der Waals surface area contributed by atoms with Gasteiger partial charge in [-0.1, -0.05) is 170 Å². The molecule has 326 valence electrons. The summed E-state index contributed by atoms with van der Waals surface area (Å²) >= 11 is 3.79. The minimum atomic E-state index is 1.12. The third-order valence-corrected chi connectivity index (χ3v) is 17.0. The van der Waals surface area contributed by atoms with Crippen LogP contribution in [0.4, 0.5) is 0 Å². The van der Waals surface area contributed by atoms with Crippen molar-refractivity contribution in [3.05, 3.63) is 243 Å². The quantitative estimate of drug-likeness (QED) is 0.156. The summed E-state index contributed by atoms with van der Waals surface area (Å²) in [6.07, 6.45) is 0. The molecule has 0 atom stereocenters. The maximum atomic E-state index is 2.49. The molecule has 0 bridgehead atoms. The molecule has 12 aromatic carbocycles. The van der Waals surface area contributed by atoms with Crippen LogP contribution in [0.25, 0.3) is 139 Å². The Hall–Kier alpha value is -8.54. The first-order valence-electron chi connectivity index (χ1n) is 23.9. The lowest BCUT2D eigenvalue weighted by Crippen LogP contribution is -2.08. The van der Waals surface area contributed by atoms with Gasteiger partial charge < -0.3 is 9.13 Å². The van der Waals surface area contributed by atoms with Gasteiger partial charge in [0.15, 0.2) is 0 Å². The number of aromatic nitrogens is 2. The number of benzene rings is 11. The van der Waals surface area contributed by atoms with Crippen LogP contribution >= 0.6 is 22.7 Å². The van der Waals surface area contributed by atoms with E-state index in [4.69, 9.17) is 0 Å². The fourth-order valence-corrected chi connectivity index (χ4v) is 13.9. The molecule has 0 amide bonds. The van der Waals surface area contributed by atoms with Crippen molar-refractivity contribution in [3.8, 4) is 33.6 Å². The van der Waals surface area contributed by atoms with Gasteiger partial charge in [0.05, 0.1) is 22.1 Å². The zero-order chi connectivity index (χ0) is 45.9. The normalized spacial score (nSPS) is 12.0. The molecule has 0 saturated heterocycles. The van der Waals surface area contributed by atoms with E-state index in [-0.39, 0.29) is 0 Å². The van der Waals surface area contributed by atoms with Crippen molar-refractivity contribution in [1.29, 1.82) is 0 Å². The monoisotopic (exact) mass is 924 g/mol. The van der Waals surface area contributed by atoms with Gasteiger partial charge in [-0.05, 0) is 138 Å². The Morgan fingerprint density at radius 1 is 0.229 bits per heavy atom. The molecule has 3 heterocycles. The van der Waals surface area contributed by atoms with E-state index in [1.165, 1.54) is 106 Å². The molecular formula is C66H40N2S2. The van der Waals surface area contributed by atoms with Crippen LogP contribution in [0.3, 0.4) is 0 Å². The zero-order valence-electron chi connectivity index (χ0n) is 37.8. The minimum Gasteiger partial charge on any atom is -0.306 e. The predicted octanol–water partition coefficient (Wildman–Crippen LogP) is 19.4. The van der Waals surface area contributed by atoms with Crippen molar-refractivity contribution >= 4 is 128 Å². The summed E-state index contributed by atoms with van der Waals surface area (Å²) in [6.45, 7) is 0. The topological polar surface area (TPSA) is 9.86 Å². The van der Waals surface area contributed by atoms with Crippen molar-refractivity contribution in [1.82, 2.24) is 9.13 Å². The van der Waals surface area contributed by atoms with Gasteiger partial charge in [-0.2, -0.15) is 0 Å². The van der Waals surface area contributed by atoms with Crippen LogP contribution in [0.2, 0.25) is 0 Å². The van der Waals surface area contributed by atoms with Gasteiger partial charge in [0.2, 0.25) is 0 Å². The highest BCUT2D eigenvalue weighted by Gasteiger charge is 2.20. The van der Waals surface area contributed by atoms with Gasteiger partial charge in [-0.15, -0.1) is 22.7 Å². The predicted molar refractivity (Wildman–Crippen MR) is 304 cm³/mol. The fourth-order valence-electron chi connectivity index (χ4n) is 11.4. The number of hydrogen-bond acceptors (Lipinski definition) is 2. The van der Waals surface area contributed by atoms with E-state index in [2.05, 4.69) is 252 Å². The SMILES string of the molecule is c1ccc(-n2c3ccccc3n(-c3ccccc3)c3cc4c5ccc(-c6cccc7c6sc6ccccc67)cc5c5cc(-c6cccc7c6sc6ccccc67)ccc5c5ccccc5c4cc32)cc1. The smallest absolute Gasteiger partial charge is 0.0709 e. The first-order valence-corrected chi connectivity index (χ1v) is 25.5. The molecule has 70 heavy (non-hydrogen) atoms. The summed E-state index contributed by atoms with van der Waals surface area (Å²) < 4.78 is 10.2. The number of hydrogen-bond donors (Lipinski definition) is 0. The lowest BCUT2D eigenvalue weighted by molar-refractivity contribution is 1.09. The van der Waals surface area contributed by atoms with Crippen molar-refractivity contribution in [2.45, 2.75) is 0 Å². The Morgan fingerprint density at radius 3 is 1.07 bits per heavy atom. The summed E-state index contributed by atoms with van der Waals surface area (Å²) in [6, 6.07) is 90.4. The van der Waals surface area contributed by atoms with E-state index in [0.717, 1.165) is 33.4 Å². The molecule has 0 aliphatic rings. The summed E-state index contributed by atoms with van der Waals surface area (Å²) in [5, 5.41) is 14.9. The first kappa shape index (κ1) is 39.5. The largest absolute Gasteiger partial charge is 0.306 e. The Kier molecular flexibility index (Phi) is 8.73. The molecule has 0 spiro atoms. The fraction of sp³-hybridized carbons (Fsp3) is 0. The van der Waals surface area contributed by atoms with Crippen molar-refractivity contribution in [2.75, 3.05) is 0 Å². The molecule has 15 rings (SSSR count). The second-order valence-electron chi connectivity index (χ2n) is 18.3. The maximum Gasteiger partial charge on any atom is 0.0709 e. The Labute approximate surface area is 411 Å². The molecule has 0 aliphatic carbocycles. The Bertz CT molecular complexity index is 4700. The zero-order valence-corrected chi connectivity index (χ0v) is 39.4.